The summed E-state index contributed by atoms with van der Waals surface area (Å²) in [5.74, 6) is 1.85. The first-order valence-corrected chi connectivity index (χ1v) is 6.40. The van der Waals surface area contributed by atoms with Gasteiger partial charge in [-0.15, -0.1) is 0 Å². The highest BCUT2D eigenvalue weighted by molar-refractivity contribution is 5.15. The molecule has 0 aliphatic heterocycles. The van der Waals surface area contributed by atoms with E-state index < -0.39 is 0 Å². The van der Waals surface area contributed by atoms with Crippen LogP contribution in [0.4, 0.5) is 0 Å². The molecule has 0 saturated heterocycles. The molecule has 1 aliphatic rings. The summed E-state index contributed by atoms with van der Waals surface area (Å²) in [6, 6.07) is 10.9. The van der Waals surface area contributed by atoms with Crippen molar-refractivity contribution in [3.05, 3.63) is 35.9 Å². The van der Waals surface area contributed by atoms with Gasteiger partial charge >= 0.3 is 0 Å². The first-order chi connectivity index (χ1) is 7.36. The zero-order valence-electron chi connectivity index (χ0n) is 9.78. The van der Waals surface area contributed by atoms with E-state index in [9.17, 15) is 0 Å². The van der Waals surface area contributed by atoms with Gasteiger partial charge in [-0.25, -0.2) is 0 Å². The Balaban J connectivity index is 1.88. The fourth-order valence-electron chi connectivity index (χ4n) is 2.86. The Morgan fingerprint density at radius 3 is 2.40 bits per heavy atom. The maximum absolute atomic E-state index is 2.43. The van der Waals surface area contributed by atoms with E-state index in [0.29, 0.717) is 0 Å². The predicted octanol–water partition coefficient (Wildman–Crippen LogP) is 4.45. The maximum Gasteiger partial charge on any atom is -0.0250 e. The van der Waals surface area contributed by atoms with Crippen molar-refractivity contribution in [2.45, 2.75) is 45.4 Å². The summed E-state index contributed by atoms with van der Waals surface area (Å²) in [5.41, 5.74) is 1.51. The fraction of sp³-hybridized carbons (Fsp3) is 0.600. The summed E-state index contributed by atoms with van der Waals surface area (Å²) in [6.45, 7) is 2.43. The molecule has 0 N–H and O–H groups in total. The third kappa shape index (κ3) is 3.09. The monoisotopic (exact) mass is 202 g/mol. The van der Waals surface area contributed by atoms with Gasteiger partial charge in [0.25, 0.3) is 0 Å². The second-order valence-electron chi connectivity index (χ2n) is 5.07. The minimum Gasteiger partial charge on any atom is -0.0622 e. The van der Waals surface area contributed by atoms with Crippen LogP contribution in [-0.2, 0) is 6.42 Å². The lowest BCUT2D eigenvalue weighted by molar-refractivity contribution is 0.262. The minimum absolute atomic E-state index is 0.868. The van der Waals surface area contributed by atoms with Crippen LogP contribution in [0.3, 0.4) is 0 Å². The lowest BCUT2D eigenvalue weighted by Crippen LogP contribution is -2.17. The summed E-state index contributed by atoms with van der Waals surface area (Å²) < 4.78 is 0. The second kappa shape index (κ2) is 5.34. The van der Waals surface area contributed by atoms with Crippen LogP contribution in [0, 0.1) is 11.8 Å². The van der Waals surface area contributed by atoms with Crippen LogP contribution in [0.1, 0.15) is 44.6 Å². The van der Waals surface area contributed by atoms with E-state index in [-0.39, 0.29) is 0 Å². The molecule has 1 aliphatic carbocycles. The molecule has 1 atom stereocenters. The zero-order chi connectivity index (χ0) is 10.5. The van der Waals surface area contributed by atoms with Crippen LogP contribution < -0.4 is 0 Å². The molecular weight excluding hydrogens is 180 g/mol. The van der Waals surface area contributed by atoms with Gasteiger partial charge in [0.1, 0.15) is 0 Å². The van der Waals surface area contributed by atoms with Crippen molar-refractivity contribution >= 4 is 0 Å². The molecule has 0 spiro atoms. The van der Waals surface area contributed by atoms with Crippen molar-refractivity contribution in [3.63, 3.8) is 0 Å². The molecule has 0 amide bonds. The molecule has 1 fully saturated rings. The van der Waals surface area contributed by atoms with E-state index in [0.717, 1.165) is 11.8 Å². The smallest absolute Gasteiger partial charge is 0.0250 e. The summed E-state index contributed by atoms with van der Waals surface area (Å²) >= 11 is 0. The van der Waals surface area contributed by atoms with E-state index >= 15 is 0 Å². The van der Waals surface area contributed by atoms with Crippen molar-refractivity contribution in [2.75, 3.05) is 0 Å². The van der Waals surface area contributed by atoms with Gasteiger partial charge < -0.3 is 0 Å². The Bertz CT molecular complexity index is 269. The van der Waals surface area contributed by atoms with Crippen LogP contribution in [0.25, 0.3) is 0 Å². The third-order valence-electron chi connectivity index (χ3n) is 3.86. The molecule has 1 aromatic carbocycles. The highest BCUT2D eigenvalue weighted by atomic mass is 14.2. The molecule has 0 heteroatoms. The summed E-state index contributed by atoms with van der Waals surface area (Å²) in [5, 5.41) is 0. The SMILES string of the molecule is C[C@H](Cc1ccccc1)C1CCCCC1. The summed E-state index contributed by atoms with van der Waals surface area (Å²) in [6.07, 6.45) is 8.59. The molecule has 1 saturated carbocycles. The number of hydrogen-bond donors (Lipinski definition) is 0. The van der Waals surface area contributed by atoms with Gasteiger partial charge in [-0.05, 0) is 23.8 Å². The zero-order valence-corrected chi connectivity index (χ0v) is 9.78. The minimum atomic E-state index is 0.868. The molecule has 0 unspecified atom stereocenters. The third-order valence-corrected chi connectivity index (χ3v) is 3.86. The van der Waals surface area contributed by atoms with Crippen LogP contribution in [0.15, 0.2) is 30.3 Å². The molecule has 0 aromatic heterocycles. The molecule has 0 heterocycles. The first-order valence-electron chi connectivity index (χ1n) is 6.40. The normalized spacial score (nSPS) is 20.1. The van der Waals surface area contributed by atoms with Crippen molar-refractivity contribution in [1.29, 1.82) is 0 Å². The lowest BCUT2D eigenvalue weighted by atomic mass is 9.78. The van der Waals surface area contributed by atoms with Crippen molar-refractivity contribution < 1.29 is 0 Å². The topological polar surface area (TPSA) is 0 Å². The van der Waals surface area contributed by atoms with Gasteiger partial charge in [0.05, 0.1) is 0 Å². The molecule has 0 bridgehead atoms. The Hall–Kier alpha value is -0.780. The largest absolute Gasteiger partial charge is 0.0622 e. The van der Waals surface area contributed by atoms with Crippen LogP contribution in [-0.4, -0.2) is 0 Å². The molecule has 1 aromatic rings. The Morgan fingerprint density at radius 2 is 1.73 bits per heavy atom. The maximum atomic E-state index is 2.43. The van der Waals surface area contributed by atoms with E-state index in [4.69, 9.17) is 0 Å². The molecule has 0 nitrogen and oxygen atoms in total. The van der Waals surface area contributed by atoms with Gasteiger partial charge in [0, 0.05) is 0 Å². The van der Waals surface area contributed by atoms with E-state index in [1.54, 1.807) is 0 Å². The number of rotatable bonds is 3. The number of hydrogen-bond acceptors (Lipinski definition) is 0. The number of benzene rings is 1. The molecule has 2 rings (SSSR count). The van der Waals surface area contributed by atoms with E-state index in [1.165, 1.54) is 44.1 Å². The fourth-order valence-corrected chi connectivity index (χ4v) is 2.86. The Kier molecular flexibility index (Phi) is 3.82. The quantitative estimate of drug-likeness (QED) is 0.679. The van der Waals surface area contributed by atoms with Gasteiger partial charge in [0.15, 0.2) is 0 Å². The molecule has 82 valence electrons. The highest BCUT2D eigenvalue weighted by Gasteiger charge is 2.19. The predicted molar refractivity (Wildman–Crippen MR) is 65.9 cm³/mol. The Labute approximate surface area is 93.7 Å². The van der Waals surface area contributed by atoms with Crippen LogP contribution in [0.2, 0.25) is 0 Å². The van der Waals surface area contributed by atoms with Crippen molar-refractivity contribution in [2.24, 2.45) is 11.8 Å². The molecule has 0 radical (unpaired) electrons. The highest BCUT2D eigenvalue weighted by Crippen LogP contribution is 2.31. The van der Waals surface area contributed by atoms with Crippen LogP contribution in [0.5, 0.6) is 0 Å². The standard InChI is InChI=1S/C15H22/c1-13(15-10-6-3-7-11-15)12-14-8-4-2-5-9-14/h2,4-5,8-9,13,15H,3,6-7,10-12H2,1H3/t13-/m1/s1. The van der Waals surface area contributed by atoms with Gasteiger partial charge in [0.2, 0.25) is 0 Å². The first kappa shape index (κ1) is 10.7. The lowest BCUT2D eigenvalue weighted by Gasteiger charge is -2.27. The van der Waals surface area contributed by atoms with Crippen molar-refractivity contribution in [1.82, 2.24) is 0 Å². The van der Waals surface area contributed by atoms with E-state index in [1.807, 2.05) is 0 Å². The average Bonchev–Trinajstić information content (AvgIpc) is 2.31. The van der Waals surface area contributed by atoms with Crippen molar-refractivity contribution in [3.8, 4) is 0 Å². The Morgan fingerprint density at radius 1 is 1.07 bits per heavy atom. The van der Waals surface area contributed by atoms with Gasteiger partial charge in [-0.2, -0.15) is 0 Å². The van der Waals surface area contributed by atoms with Gasteiger partial charge in [-0.1, -0.05) is 69.4 Å². The van der Waals surface area contributed by atoms with Gasteiger partial charge in [-0.3, -0.25) is 0 Å². The summed E-state index contributed by atoms with van der Waals surface area (Å²) in [7, 11) is 0. The van der Waals surface area contributed by atoms with Crippen LogP contribution >= 0.6 is 0 Å². The summed E-state index contributed by atoms with van der Waals surface area (Å²) in [4.78, 5) is 0. The average molecular weight is 202 g/mol. The second-order valence-corrected chi connectivity index (χ2v) is 5.07. The molecule has 15 heavy (non-hydrogen) atoms. The van der Waals surface area contributed by atoms with E-state index in [2.05, 4.69) is 37.3 Å². The molecular formula is C15H22.